The summed E-state index contributed by atoms with van der Waals surface area (Å²) in [5, 5.41) is 16.7. The number of aryl methyl sites for hydroxylation is 2. The van der Waals surface area contributed by atoms with Gasteiger partial charge in [0.15, 0.2) is 11.5 Å². The number of pyridine rings is 2. The summed E-state index contributed by atoms with van der Waals surface area (Å²) < 4.78 is 2.02. The van der Waals surface area contributed by atoms with Crippen molar-refractivity contribution in [3.8, 4) is 38.8 Å². The summed E-state index contributed by atoms with van der Waals surface area (Å²) in [5.41, 5.74) is 23.8. The highest BCUT2D eigenvalue weighted by Gasteiger charge is 2.44. The quantitative estimate of drug-likeness (QED) is 0.0453. The number of Topliss-reactive ketones (excluding diaryl/α,β-unsaturated/α-hetero) is 1. The third-order valence-corrected chi connectivity index (χ3v) is 15.9. The molecular weight excluding hydrogens is 961 g/mol. The summed E-state index contributed by atoms with van der Waals surface area (Å²) in [6.45, 7) is 8.58. The number of aliphatic hydroxyl groups excluding tert-OH is 1. The average molecular weight is 1030 g/mol. The summed E-state index contributed by atoms with van der Waals surface area (Å²) in [5.74, 6) is -0.331. The molecule has 5 heterocycles. The van der Waals surface area contributed by atoms with Crippen LogP contribution < -0.4 is 22.1 Å². The first-order chi connectivity index (χ1) is 36.0. The molecule has 0 spiro atoms. The fourth-order valence-electron chi connectivity index (χ4n) is 10.3. The Hall–Kier alpha value is -7.14. The Balaban J connectivity index is 0.738. The number of aliphatic hydroxyl groups is 1. The Labute approximate surface area is 442 Å². The lowest BCUT2D eigenvalue weighted by Crippen LogP contribution is -2.50. The van der Waals surface area contributed by atoms with Gasteiger partial charge in [0.1, 0.15) is 23.2 Å². The average Bonchev–Trinajstić information content (AvgIpc) is 4.13. The molecule has 3 amide bonds. The molecule has 7 N–H and O–H groups in total. The number of hydrogen-bond acceptors (Lipinski definition) is 12. The number of nitrogens with one attached hydrogen (secondary N) is 2. The Morgan fingerprint density at radius 3 is 2.36 bits per heavy atom. The highest BCUT2D eigenvalue weighted by Crippen LogP contribution is 2.40. The van der Waals surface area contributed by atoms with E-state index in [4.69, 9.17) is 21.4 Å². The molecule has 16 heteroatoms. The van der Waals surface area contributed by atoms with Gasteiger partial charge in [0, 0.05) is 74.2 Å². The number of carbonyl (C=O) groups is 4. The number of hydrogen-bond donors (Lipinski definition) is 5. The minimum atomic E-state index is -0.835. The number of aromatic nitrogens is 5. The first-order valence-electron chi connectivity index (χ1n) is 26.2. The molecule has 4 aromatic heterocycles. The molecule has 75 heavy (non-hydrogen) atoms. The van der Waals surface area contributed by atoms with E-state index in [1.807, 2.05) is 105 Å². The van der Waals surface area contributed by atoms with Crippen molar-refractivity contribution in [2.24, 2.45) is 17.1 Å². The van der Waals surface area contributed by atoms with Gasteiger partial charge in [-0.1, -0.05) is 81.8 Å². The van der Waals surface area contributed by atoms with E-state index in [1.54, 1.807) is 17.5 Å². The number of unbranched alkanes of at least 4 members (excludes halogenated alkanes) is 2. The first kappa shape index (κ1) is 52.7. The number of thiazole rings is 1. The Morgan fingerprint density at radius 1 is 0.867 bits per heavy atom. The van der Waals surface area contributed by atoms with Gasteiger partial charge in [0.25, 0.3) is 0 Å². The molecule has 0 radical (unpaired) electrons. The monoisotopic (exact) mass is 1030 g/mol. The van der Waals surface area contributed by atoms with Crippen LogP contribution in [0.25, 0.3) is 49.9 Å². The zero-order valence-corrected chi connectivity index (χ0v) is 44.2. The fourth-order valence-corrected chi connectivity index (χ4v) is 11.1. The van der Waals surface area contributed by atoms with Gasteiger partial charge in [-0.2, -0.15) is 0 Å². The minimum absolute atomic E-state index is 0.0214. The number of nitrogens with zero attached hydrogens (tertiary/aromatic N) is 6. The number of rotatable bonds is 20. The van der Waals surface area contributed by atoms with E-state index >= 15 is 0 Å². The molecule has 3 atom stereocenters. The van der Waals surface area contributed by atoms with Gasteiger partial charge >= 0.3 is 0 Å². The maximum Gasteiger partial charge on any atom is 0.243 e. The van der Waals surface area contributed by atoms with E-state index < -0.39 is 23.5 Å². The van der Waals surface area contributed by atoms with Crippen molar-refractivity contribution in [3.05, 3.63) is 131 Å². The zero-order valence-electron chi connectivity index (χ0n) is 43.4. The molecule has 390 valence electrons. The molecule has 1 saturated carbocycles. The molecule has 7 aromatic rings. The molecule has 2 fully saturated rings. The SMILES string of the molecule is Cc1ncsc1-c1ccc(CNC(=O)[C@@H]2C[C@@H](O)CN2C(=O)[C@@H](CC(=O)CCCCCNC(=O)CCc2cccc(-c3ccc4nc(-c5cccnc5N)n(-c5ccc(C6(N)CCC6)cc5)c4n3)c2)C(C)(C)C)cc1. The number of imidazole rings is 1. The molecule has 3 aromatic carbocycles. The third-order valence-electron chi connectivity index (χ3n) is 14.9. The number of likely N-dealkylation sites (tertiary alicyclic amines) is 1. The van der Waals surface area contributed by atoms with Gasteiger partial charge in [-0.3, -0.25) is 23.7 Å². The lowest BCUT2D eigenvalue weighted by molar-refractivity contribution is -0.146. The van der Waals surface area contributed by atoms with Gasteiger partial charge in [0.05, 0.1) is 33.4 Å². The van der Waals surface area contributed by atoms with Crippen molar-refractivity contribution in [3.63, 3.8) is 0 Å². The molecule has 1 aliphatic heterocycles. The molecule has 2 aliphatic rings. The smallest absolute Gasteiger partial charge is 0.243 e. The van der Waals surface area contributed by atoms with E-state index in [9.17, 15) is 24.3 Å². The topological polar surface area (TPSA) is 224 Å². The fraction of sp³-hybridized carbons (Fsp3) is 0.390. The predicted octanol–water partition coefficient (Wildman–Crippen LogP) is 9.01. The van der Waals surface area contributed by atoms with Crippen LogP contribution in [0.2, 0.25) is 0 Å². The van der Waals surface area contributed by atoms with Crippen LogP contribution in [-0.4, -0.2) is 83.2 Å². The number of carbonyl (C=O) groups excluding carboxylic acids is 4. The predicted molar refractivity (Wildman–Crippen MR) is 294 cm³/mol. The van der Waals surface area contributed by atoms with Crippen molar-refractivity contribution in [2.75, 3.05) is 18.8 Å². The number of β-amino-alcohol motifs (C(OH)–C–C–N with tert-alkyl or cyclic N) is 1. The van der Waals surface area contributed by atoms with Crippen molar-refractivity contribution in [1.29, 1.82) is 0 Å². The molecular formula is C59H68N10O5S. The van der Waals surface area contributed by atoms with Crippen LogP contribution >= 0.6 is 11.3 Å². The summed E-state index contributed by atoms with van der Waals surface area (Å²) in [4.78, 5) is 75.5. The second-order valence-electron chi connectivity index (χ2n) is 21.4. The van der Waals surface area contributed by atoms with E-state index in [1.165, 1.54) is 4.90 Å². The van der Waals surface area contributed by atoms with Gasteiger partial charge in [0.2, 0.25) is 17.7 Å². The number of fused-ring (bicyclic) bond motifs is 1. The number of amides is 3. The van der Waals surface area contributed by atoms with Gasteiger partial charge in [-0.05, 0) is 116 Å². The standard InChI is InChI=1S/C59H68N10O5S/c1-37-52(75-36-65-37)40-18-15-39(16-19-40)34-64-56(73)50-33-45(71)35-68(50)57(74)47(58(2,3)4)32-44(70)13-6-5-7-29-62-51(72)26-17-38-11-8-12-41(31-38)48-24-25-49-55(66-48)69(54(67-49)46-14-9-30-63-53(46)60)43-22-20-42(21-23-43)59(61)27-10-28-59/h8-9,11-12,14-16,18-25,30-31,36,45,47,50,71H,5-7,10,13,17,26-29,32-35,61H2,1-4H3,(H2,60,63)(H,62,72)(H,64,73)/t45-,47-,50+/m1/s1. The van der Waals surface area contributed by atoms with Crippen LogP contribution in [0.1, 0.15) is 107 Å². The van der Waals surface area contributed by atoms with Crippen LogP contribution in [0.4, 0.5) is 5.82 Å². The van der Waals surface area contributed by atoms with Crippen LogP contribution in [0.15, 0.2) is 109 Å². The lowest BCUT2D eigenvalue weighted by Gasteiger charge is -2.38. The number of nitrogen functional groups attached to an aromatic ring is 1. The van der Waals surface area contributed by atoms with Crippen molar-refractivity contribution in [2.45, 2.75) is 123 Å². The van der Waals surface area contributed by atoms with Crippen molar-refractivity contribution < 1.29 is 24.3 Å². The highest BCUT2D eigenvalue weighted by molar-refractivity contribution is 7.13. The number of ketones is 1. The number of nitrogens with two attached hydrogens (primary N) is 2. The molecule has 15 nitrogen and oxygen atoms in total. The van der Waals surface area contributed by atoms with Crippen LogP contribution in [0.3, 0.4) is 0 Å². The summed E-state index contributed by atoms with van der Waals surface area (Å²) in [6.07, 6.45) is 7.35. The second-order valence-corrected chi connectivity index (χ2v) is 22.3. The van der Waals surface area contributed by atoms with Crippen molar-refractivity contribution >= 4 is 51.8 Å². The lowest BCUT2D eigenvalue weighted by atomic mass is 9.73. The summed E-state index contributed by atoms with van der Waals surface area (Å²) in [6, 6.07) is 31.2. The normalized spacial score (nSPS) is 16.6. The Bertz CT molecular complexity index is 3180. The maximum absolute atomic E-state index is 14.2. The minimum Gasteiger partial charge on any atom is -0.391 e. The van der Waals surface area contributed by atoms with Gasteiger partial charge in [-0.15, -0.1) is 11.3 Å². The zero-order chi connectivity index (χ0) is 52.9. The summed E-state index contributed by atoms with van der Waals surface area (Å²) >= 11 is 1.58. The Morgan fingerprint density at radius 2 is 1.65 bits per heavy atom. The van der Waals surface area contributed by atoms with E-state index in [-0.39, 0.29) is 55.0 Å². The van der Waals surface area contributed by atoms with Gasteiger partial charge in [-0.25, -0.2) is 19.9 Å². The Kier molecular flexibility index (Phi) is 16.0. The molecule has 9 rings (SSSR count). The molecule has 0 unspecified atom stereocenters. The summed E-state index contributed by atoms with van der Waals surface area (Å²) in [7, 11) is 0. The van der Waals surface area contributed by atoms with Crippen LogP contribution in [0.5, 0.6) is 0 Å². The van der Waals surface area contributed by atoms with E-state index in [0.717, 1.165) is 75.5 Å². The van der Waals surface area contributed by atoms with E-state index in [0.29, 0.717) is 67.0 Å². The maximum atomic E-state index is 14.2. The number of anilines is 1. The van der Waals surface area contributed by atoms with E-state index in [2.05, 4.69) is 50.9 Å². The molecule has 1 saturated heterocycles. The van der Waals surface area contributed by atoms with Crippen LogP contribution in [-0.2, 0) is 37.7 Å². The molecule has 1 aliphatic carbocycles. The van der Waals surface area contributed by atoms with Crippen molar-refractivity contribution in [1.82, 2.24) is 40.0 Å². The van der Waals surface area contributed by atoms with Crippen LogP contribution in [0, 0.1) is 18.3 Å². The first-order valence-corrected chi connectivity index (χ1v) is 27.1. The molecule has 0 bridgehead atoms. The highest BCUT2D eigenvalue weighted by atomic mass is 32.1. The van der Waals surface area contributed by atoms with Gasteiger partial charge < -0.3 is 32.1 Å². The number of benzene rings is 3. The second kappa shape index (κ2) is 22.8. The third kappa shape index (κ3) is 12.2. The largest absolute Gasteiger partial charge is 0.391 e.